The number of hydrogen-bond donors (Lipinski definition) is 1. The number of hydrogen-bond acceptors (Lipinski definition) is 5. The molecule has 1 aliphatic heterocycles. The normalized spacial score (nSPS) is 18.2. The number of rotatable bonds is 4. The molecule has 1 aliphatic rings. The fraction of sp³-hybridized carbons (Fsp3) is 0.700. The van der Waals surface area contributed by atoms with Crippen molar-refractivity contribution in [3.8, 4) is 0 Å². The summed E-state index contributed by atoms with van der Waals surface area (Å²) in [4.78, 5) is 2.33. The molecule has 1 saturated heterocycles. The Bertz CT molecular complexity index is 295. The number of aromatic nitrogens is 1. The maximum Gasteiger partial charge on any atom is 0.143 e. The van der Waals surface area contributed by atoms with Gasteiger partial charge in [0.2, 0.25) is 0 Å². The predicted molar refractivity (Wildman–Crippen MR) is 53.4 cm³/mol. The summed E-state index contributed by atoms with van der Waals surface area (Å²) in [5.41, 5.74) is 0.795. The third-order valence-electron chi connectivity index (χ3n) is 2.66. The minimum atomic E-state index is 0.00193. The van der Waals surface area contributed by atoms with Gasteiger partial charge in [-0.25, -0.2) is 0 Å². The predicted octanol–water partition coefficient (Wildman–Crippen LogP) is 0.0416. The van der Waals surface area contributed by atoms with Gasteiger partial charge in [-0.1, -0.05) is 5.16 Å². The molecule has 5 heteroatoms. The van der Waals surface area contributed by atoms with Crippen LogP contribution in [0, 0.1) is 0 Å². The Hall–Kier alpha value is -0.910. The molecule has 5 nitrogen and oxygen atoms in total. The Morgan fingerprint density at radius 3 is 2.93 bits per heavy atom. The lowest BCUT2D eigenvalue weighted by molar-refractivity contribution is 0.0376. The van der Waals surface area contributed by atoms with Crippen molar-refractivity contribution in [2.75, 3.05) is 32.8 Å². The van der Waals surface area contributed by atoms with E-state index in [1.807, 2.05) is 0 Å². The van der Waals surface area contributed by atoms with E-state index in [0.29, 0.717) is 0 Å². The molecular formula is C10H16N2O3. The molecule has 0 radical (unpaired) electrons. The summed E-state index contributed by atoms with van der Waals surface area (Å²) in [7, 11) is 0. The maximum absolute atomic E-state index is 9.01. The molecule has 15 heavy (non-hydrogen) atoms. The minimum absolute atomic E-state index is 0.00193. The fourth-order valence-electron chi connectivity index (χ4n) is 1.70. The summed E-state index contributed by atoms with van der Waals surface area (Å²) in [6, 6.07) is 0. The average molecular weight is 212 g/mol. The SMILES string of the molecule is OCc1cnoc1CCN1CCOCC1. The zero-order valence-corrected chi connectivity index (χ0v) is 8.69. The van der Waals surface area contributed by atoms with Gasteiger partial charge in [0.05, 0.1) is 26.0 Å². The molecule has 0 atom stereocenters. The highest BCUT2D eigenvalue weighted by molar-refractivity contribution is 5.12. The van der Waals surface area contributed by atoms with Crippen LogP contribution in [0.15, 0.2) is 10.7 Å². The fourth-order valence-corrected chi connectivity index (χ4v) is 1.70. The van der Waals surface area contributed by atoms with Crippen molar-refractivity contribution in [1.82, 2.24) is 10.1 Å². The molecule has 0 aliphatic carbocycles. The van der Waals surface area contributed by atoms with Crippen molar-refractivity contribution >= 4 is 0 Å². The van der Waals surface area contributed by atoms with Crippen LogP contribution >= 0.6 is 0 Å². The van der Waals surface area contributed by atoms with Crippen LogP contribution in [0.5, 0.6) is 0 Å². The Morgan fingerprint density at radius 2 is 2.20 bits per heavy atom. The zero-order valence-electron chi connectivity index (χ0n) is 8.69. The van der Waals surface area contributed by atoms with Crippen molar-refractivity contribution in [3.63, 3.8) is 0 Å². The van der Waals surface area contributed by atoms with E-state index in [2.05, 4.69) is 10.1 Å². The van der Waals surface area contributed by atoms with E-state index in [4.69, 9.17) is 14.4 Å². The molecule has 84 valence electrons. The van der Waals surface area contributed by atoms with Crippen LogP contribution < -0.4 is 0 Å². The van der Waals surface area contributed by atoms with Crippen LogP contribution in [0.25, 0.3) is 0 Å². The van der Waals surface area contributed by atoms with Gasteiger partial charge < -0.3 is 14.4 Å². The molecule has 1 aromatic rings. The first-order valence-corrected chi connectivity index (χ1v) is 5.23. The smallest absolute Gasteiger partial charge is 0.143 e. The Labute approximate surface area is 88.6 Å². The quantitative estimate of drug-likeness (QED) is 0.763. The van der Waals surface area contributed by atoms with Crippen molar-refractivity contribution in [3.05, 3.63) is 17.5 Å². The summed E-state index contributed by atoms with van der Waals surface area (Å²) < 4.78 is 10.3. The van der Waals surface area contributed by atoms with E-state index in [0.717, 1.165) is 50.6 Å². The molecule has 0 bridgehead atoms. The standard InChI is InChI=1S/C10H16N2O3/c13-8-9-7-11-15-10(9)1-2-12-3-5-14-6-4-12/h7,13H,1-6,8H2. The second kappa shape index (κ2) is 5.25. The third-order valence-corrected chi connectivity index (χ3v) is 2.66. The first-order valence-electron chi connectivity index (χ1n) is 5.23. The zero-order chi connectivity index (χ0) is 10.5. The monoisotopic (exact) mass is 212 g/mol. The Balaban J connectivity index is 1.81. The van der Waals surface area contributed by atoms with Crippen LogP contribution in [0.3, 0.4) is 0 Å². The number of aliphatic hydroxyl groups is 1. The molecule has 1 N–H and O–H groups in total. The van der Waals surface area contributed by atoms with Gasteiger partial charge in [0.25, 0.3) is 0 Å². The second-order valence-electron chi connectivity index (χ2n) is 3.64. The van der Waals surface area contributed by atoms with Crippen molar-refractivity contribution in [2.24, 2.45) is 0 Å². The minimum Gasteiger partial charge on any atom is -0.391 e. The number of nitrogens with zero attached hydrogens (tertiary/aromatic N) is 2. The van der Waals surface area contributed by atoms with Crippen LogP contribution in [0.4, 0.5) is 0 Å². The lowest BCUT2D eigenvalue weighted by Gasteiger charge is -2.26. The van der Waals surface area contributed by atoms with Crippen LogP contribution in [0.1, 0.15) is 11.3 Å². The van der Waals surface area contributed by atoms with Gasteiger partial charge in [-0.3, -0.25) is 4.90 Å². The summed E-state index contributed by atoms with van der Waals surface area (Å²) >= 11 is 0. The molecule has 0 aromatic carbocycles. The van der Waals surface area contributed by atoms with E-state index in [-0.39, 0.29) is 6.61 Å². The van der Waals surface area contributed by atoms with E-state index in [9.17, 15) is 0 Å². The summed E-state index contributed by atoms with van der Waals surface area (Å²) in [6.07, 6.45) is 2.38. The molecule has 1 aromatic heterocycles. The van der Waals surface area contributed by atoms with Crippen molar-refractivity contribution in [1.29, 1.82) is 0 Å². The summed E-state index contributed by atoms with van der Waals surface area (Å²) in [5.74, 6) is 0.795. The Morgan fingerprint density at radius 1 is 1.40 bits per heavy atom. The van der Waals surface area contributed by atoms with Crippen LogP contribution in [0.2, 0.25) is 0 Å². The molecular weight excluding hydrogens is 196 g/mol. The van der Waals surface area contributed by atoms with Gasteiger partial charge in [-0.15, -0.1) is 0 Å². The highest BCUT2D eigenvalue weighted by Gasteiger charge is 2.13. The van der Waals surface area contributed by atoms with E-state index < -0.39 is 0 Å². The molecule has 0 unspecified atom stereocenters. The topological polar surface area (TPSA) is 58.7 Å². The number of ether oxygens (including phenoxy) is 1. The molecule has 0 spiro atoms. The van der Waals surface area contributed by atoms with Gasteiger partial charge >= 0.3 is 0 Å². The van der Waals surface area contributed by atoms with Gasteiger partial charge in [0.15, 0.2) is 0 Å². The number of aliphatic hydroxyl groups excluding tert-OH is 1. The van der Waals surface area contributed by atoms with E-state index >= 15 is 0 Å². The molecule has 0 amide bonds. The molecule has 0 saturated carbocycles. The lowest BCUT2D eigenvalue weighted by atomic mass is 10.2. The number of morpholine rings is 1. The molecule has 2 heterocycles. The van der Waals surface area contributed by atoms with Gasteiger partial charge in [0, 0.05) is 31.6 Å². The van der Waals surface area contributed by atoms with Gasteiger partial charge in [-0.05, 0) is 0 Å². The summed E-state index contributed by atoms with van der Waals surface area (Å²) in [5, 5.41) is 12.7. The molecule has 1 fully saturated rings. The largest absolute Gasteiger partial charge is 0.391 e. The summed E-state index contributed by atoms with van der Waals surface area (Å²) in [6.45, 7) is 4.51. The maximum atomic E-state index is 9.01. The van der Waals surface area contributed by atoms with Gasteiger partial charge in [0.1, 0.15) is 5.76 Å². The highest BCUT2D eigenvalue weighted by atomic mass is 16.5. The third kappa shape index (κ3) is 2.77. The first-order chi connectivity index (χ1) is 7.40. The van der Waals surface area contributed by atoms with Gasteiger partial charge in [-0.2, -0.15) is 0 Å². The van der Waals surface area contributed by atoms with E-state index in [1.165, 1.54) is 0 Å². The highest BCUT2D eigenvalue weighted by Crippen LogP contribution is 2.09. The Kier molecular flexibility index (Phi) is 3.71. The van der Waals surface area contributed by atoms with Crippen LogP contribution in [-0.2, 0) is 17.8 Å². The second-order valence-corrected chi connectivity index (χ2v) is 3.64. The average Bonchev–Trinajstić information content (AvgIpc) is 2.75. The van der Waals surface area contributed by atoms with Crippen LogP contribution in [-0.4, -0.2) is 48.0 Å². The van der Waals surface area contributed by atoms with Crippen molar-refractivity contribution < 1.29 is 14.4 Å². The first kappa shape index (κ1) is 10.6. The van der Waals surface area contributed by atoms with E-state index in [1.54, 1.807) is 6.20 Å². The lowest BCUT2D eigenvalue weighted by Crippen LogP contribution is -2.37. The van der Waals surface area contributed by atoms with Crippen molar-refractivity contribution in [2.45, 2.75) is 13.0 Å². The molecule has 2 rings (SSSR count).